The summed E-state index contributed by atoms with van der Waals surface area (Å²) in [5.74, 6) is -1.70. The molecular formula is C18H29ClO4. The van der Waals surface area contributed by atoms with Gasteiger partial charge in [0.2, 0.25) is 0 Å². The third kappa shape index (κ3) is 10.2. The Balaban J connectivity index is 4.89. The average molecular weight is 345 g/mol. The lowest BCUT2D eigenvalue weighted by atomic mass is 9.87. The van der Waals surface area contributed by atoms with Gasteiger partial charge in [0, 0.05) is 5.03 Å². The van der Waals surface area contributed by atoms with Gasteiger partial charge in [-0.3, -0.25) is 9.59 Å². The number of unbranched alkanes of at least 4 members (excludes halogenated alkanes) is 1. The Labute approximate surface area is 144 Å². The van der Waals surface area contributed by atoms with E-state index in [1.807, 2.05) is 6.08 Å². The third-order valence-electron chi connectivity index (χ3n) is 3.56. The molecule has 1 unspecified atom stereocenters. The van der Waals surface area contributed by atoms with Crippen LogP contribution in [0.5, 0.6) is 0 Å². The van der Waals surface area contributed by atoms with Crippen molar-refractivity contribution in [3.05, 3.63) is 24.3 Å². The molecule has 0 aliphatic carbocycles. The van der Waals surface area contributed by atoms with Gasteiger partial charge in [-0.05, 0) is 51.9 Å². The number of halogens is 1. The average Bonchev–Trinajstić information content (AvgIpc) is 2.49. The van der Waals surface area contributed by atoms with Crippen molar-refractivity contribution in [1.82, 2.24) is 0 Å². The molecule has 0 aliphatic rings. The Bertz CT molecular complexity index is 374. The molecule has 1 atom stereocenters. The molecule has 0 saturated carbocycles. The summed E-state index contributed by atoms with van der Waals surface area (Å²) >= 11 is 5.85. The molecule has 132 valence electrons. The summed E-state index contributed by atoms with van der Waals surface area (Å²) < 4.78 is 10.0. The summed E-state index contributed by atoms with van der Waals surface area (Å²) in [7, 11) is 0. The third-order valence-corrected chi connectivity index (χ3v) is 3.74. The van der Waals surface area contributed by atoms with E-state index in [0.717, 1.165) is 25.7 Å². The van der Waals surface area contributed by atoms with Gasteiger partial charge in [-0.15, -0.1) is 6.58 Å². The highest BCUT2D eigenvalue weighted by atomic mass is 35.5. The second-order valence-electron chi connectivity index (χ2n) is 5.43. The van der Waals surface area contributed by atoms with Gasteiger partial charge in [-0.1, -0.05) is 30.7 Å². The molecule has 0 aromatic heterocycles. The smallest absolute Gasteiger partial charge is 0.320 e. The Morgan fingerprint density at radius 2 is 1.70 bits per heavy atom. The highest BCUT2D eigenvalue weighted by Gasteiger charge is 2.32. The molecule has 0 fully saturated rings. The van der Waals surface area contributed by atoms with Crippen LogP contribution in [0.15, 0.2) is 24.3 Å². The summed E-state index contributed by atoms with van der Waals surface area (Å²) in [6.45, 7) is 11.3. The normalized spacial score (nSPS) is 11.8. The van der Waals surface area contributed by atoms with Crippen LogP contribution in [0.25, 0.3) is 0 Å². The summed E-state index contributed by atoms with van der Waals surface area (Å²) in [6, 6.07) is 0. The number of ether oxygens (including phenoxy) is 2. The first-order valence-electron chi connectivity index (χ1n) is 8.23. The molecule has 0 spiro atoms. The molecule has 0 N–H and O–H groups in total. The van der Waals surface area contributed by atoms with Crippen LogP contribution >= 0.6 is 11.6 Å². The van der Waals surface area contributed by atoms with Gasteiger partial charge >= 0.3 is 11.9 Å². The lowest BCUT2D eigenvalue weighted by molar-refractivity contribution is -0.162. The zero-order valence-electron chi connectivity index (χ0n) is 14.3. The van der Waals surface area contributed by atoms with Crippen LogP contribution < -0.4 is 0 Å². The fourth-order valence-corrected chi connectivity index (χ4v) is 2.51. The molecule has 0 radical (unpaired) electrons. The molecule has 23 heavy (non-hydrogen) atoms. The fraction of sp³-hybridized carbons (Fsp3) is 0.667. The molecule has 0 saturated heterocycles. The molecule has 0 aromatic rings. The van der Waals surface area contributed by atoms with E-state index in [-0.39, 0.29) is 19.1 Å². The lowest BCUT2D eigenvalue weighted by Gasteiger charge is -2.21. The number of carbonyl (C=O) groups excluding carboxylic acids is 2. The maximum Gasteiger partial charge on any atom is 0.320 e. The van der Waals surface area contributed by atoms with Crippen LogP contribution in [0, 0.1) is 11.8 Å². The van der Waals surface area contributed by atoms with Crippen molar-refractivity contribution in [2.45, 2.75) is 52.4 Å². The van der Waals surface area contributed by atoms with Gasteiger partial charge in [0.1, 0.15) is 0 Å². The molecule has 0 heterocycles. The maximum absolute atomic E-state index is 12.1. The van der Waals surface area contributed by atoms with Gasteiger partial charge in [0.15, 0.2) is 5.92 Å². The SMILES string of the molecule is C=CCCCC(CCC(=C)Cl)CC(C(=O)OCC)C(=O)OCC. The molecule has 4 nitrogen and oxygen atoms in total. The summed E-state index contributed by atoms with van der Waals surface area (Å²) in [5.41, 5.74) is 0. The van der Waals surface area contributed by atoms with E-state index in [2.05, 4.69) is 13.2 Å². The van der Waals surface area contributed by atoms with Crippen molar-refractivity contribution < 1.29 is 19.1 Å². The largest absolute Gasteiger partial charge is 0.465 e. The Kier molecular flexibility index (Phi) is 12.4. The van der Waals surface area contributed by atoms with Gasteiger partial charge in [0.05, 0.1) is 13.2 Å². The zero-order valence-corrected chi connectivity index (χ0v) is 15.1. The van der Waals surface area contributed by atoms with E-state index in [4.69, 9.17) is 21.1 Å². The first-order valence-corrected chi connectivity index (χ1v) is 8.61. The van der Waals surface area contributed by atoms with Crippen LogP contribution in [0.1, 0.15) is 52.4 Å². The second kappa shape index (κ2) is 13.2. The minimum atomic E-state index is -0.868. The molecule has 0 amide bonds. The summed E-state index contributed by atoms with van der Waals surface area (Å²) in [4.78, 5) is 24.2. The molecule has 0 aromatic carbocycles. The number of hydrogen-bond donors (Lipinski definition) is 0. The number of rotatable bonds is 13. The first kappa shape index (κ1) is 21.7. The first-order chi connectivity index (χ1) is 11.0. The quantitative estimate of drug-likeness (QED) is 0.212. The topological polar surface area (TPSA) is 52.6 Å². The van der Waals surface area contributed by atoms with E-state index in [0.29, 0.717) is 17.9 Å². The second-order valence-corrected chi connectivity index (χ2v) is 5.97. The lowest BCUT2D eigenvalue weighted by Crippen LogP contribution is -2.30. The van der Waals surface area contributed by atoms with Crippen molar-refractivity contribution in [2.75, 3.05) is 13.2 Å². The van der Waals surface area contributed by atoms with Crippen LogP contribution in [0.4, 0.5) is 0 Å². The van der Waals surface area contributed by atoms with Gasteiger partial charge < -0.3 is 9.47 Å². The van der Waals surface area contributed by atoms with Crippen LogP contribution in [-0.4, -0.2) is 25.2 Å². The van der Waals surface area contributed by atoms with Crippen molar-refractivity contribution in [1.29, 1.82) is 0 Å². The predicted molar refractivity (Wildman–Crippen MR) is 93.1 cm³/mol. The van der Waals surface area contributed by atoms with E-state index in [1.165, 1.54) is 0 Å². The van der Waals surface area contributed by atoms with Crippen LogP contribution in [-0.2, 0) is 19.1 Å². The minimum Gasteiger partial charge on any atom is -0.465 e. The standard InChI is InChI=1S/C18H29ClO4/c1-5-8-9-10-15(12-11-14(4)19)13-16(17(20)22-6-2)18(21)23-7-3/h5,15-16H,1,4,6-13H2,2-3H3. The highest BCUT2D eigenvalue weighted by molar-refractivity contribution is 6.29. The van der Waals surface area contributed by atoms with Gasteiger partial charge in [-0.25, -0.2) is 0 Å². The minimum absolute atomic E-state index is 0.185. The molecule has 0 rings (SSSR count). The van der Waals surface area contributed by atoms with E-state index >= 15 is 0 Å². The Morgan fingerprint density at radius 3 is 2.13 bits per heavy atom. The van der Waals surface area contributed by atoms with Gasteiger partial charge in [-0.2, -0.15) is 0 Å². The van der Waals surface area contributed by atoms with Crippen molar-refractivity contribution in [2.24, 2.45) is 11.8 Å². The fourth-order valence-electron chi connectivity index (χ4n) is 2.40. The van der Waals surface area contributed by atoms with Gasteiger partial charge in [0.25, 0.3) is 0 Å². The Morgan fingerprint density at radius 1 is 1.13 bits per heavy atom. The number of esters is 2. The summed E-state index contributed by atoms with van der Waals surface area (Å²) in [6.07, 6.45) is 6.49. The summed E-state index contributed by atoms with van der Waals surface area (Å²) in [5, 5.41) is 0.586. The van der Waals surface area contributed by atoms with Crippen LogP contribution in [0.3, 0.4) is 0 Å². The van der Waals surface area contributed by atoms with Crippen LogP contribution in [0.2, 0.25) is 0 Å². The molecular weight excluding hydrogens is 316 g/mol. The number of carbonyl (C=O) groups is 2. The monoisotopic (exact) mass is 344 g/mol. The molecule has 0 aliphatic heterocycles. The van der Waals surface area contributed by atoms with Crippen molar-refractivity contribution in [3.63, 3.8) is 0 Å². The van der Waals surface area contributed by atoms with E-state index in [9.17, 15) is 9.59 Å². The number of hydrogen-bond acceptors (Lipinski definition) is 4. The zero-order chi connectivity index (χ0) is 17.7. The predicted octanol–water partition coefficient (Wildman–Crippen LogP) is 4.62. The van der Waals surface area contributed by atoms with E-state index in [1.54, 1.807) is 13.8 Å². The highest BCUT2D eigenvalue weighted by Crippen LogP contribution is 2.27. The van der Waals surface area contributed by atoms with E-state index < -0.39 is 17.9 Å². The molecule has 5 heteroatoms. The maximum atomic E-state index is 12.1. The Hall–Kier alpha value is -1.29. The van der Waals surface area contributed by atoms with Crippen molar-refractivity contribution in [3.8, 4) is 0 Å². The van der Waals surface area contributed by atoms with Crippen molar-refractivity contribution >= 4 is 23.5 Å². The number of allylic oxidation sites excluding steroid dienone is 2. The molecule has 0 bridgehead atoms.